The SMILES string of the molecule is C=CCCC(=O)N(C)[C@H](C)[C@H](OC(=O)[C@@H]1[C@@H]2CC[C@]3(O2)[C@H](C(=O)N(CC=C)CCCC)N([C@@H](CO)CC(C)C)C(=O)[C@@H]13)c1ccccc1. The minimum atomic E-state index is -1.22. The number of likely N-dealkylation sites (N-methyl/N-ethyl adjacent to an activating group) is 1. The van der Waals surface area contributed by atoms with Crippen LogP contribution in [-0.4, -0.2) is 100 Å². The summed E-state index contributed by atoms with van der Waals surface area (Å²) in [6.07, 6.45) is 5.89. The van der Waals surface area contributed by atoms with Crippen molar-refractivity contribution in [2.45, 2.75) is 109 Å². The van der Waals surface area contributed by atoms with E-state index >= 15 is 0 Å². The number of aliphatic hydroxyl groups is 1. The Morgan fingerprint density at radius 2 is 1.88 bits per heavy atom. The van der Waals surface area contributed by atoms with Crippen LogP contribution in [0.5, 0.6) is 0 Å². The molecule has 0 saturated carbocycles. The van der Waals surface area contributed by atoms with Crippen LogP contribution in [0, 0.1) is 17.8 Å². The number of amides is 3. The van der Waals surface area contributed by atoms with Gasteiger partial charge in [0.05, 0.1) is 36.6 Å². The number of fused-ring (bicyclic) bond motifs is 1. The monoisotopic (exact) mass is 665 g/mol. The minimum Gasteiger partial charge on any atom is -0.455 e. The van der Waals surface area contributed by atoms with Crippen LogP contribution in [0.2, 0.25) is 0 Å². The smallest absolute Gasteiger partial charge is 0.313 e. The lowest BCUT2D eigenvalue weighted by Crippen LogP contribution is -2.59. The van der Waals surface area contributed by atoms with Gasteiger partial charge in [-0.15, -0.1) is 13.2 Å². The van der Waals surface area contributed by atoms with Gasteiger partial charge in [-0.2, -0.15) is 0 Å². The van der Waals surface area contributed by atoms with E-state index in [4.69, 9.17) is 9.47 Å². The Hall–Kier alpha value is -3.50. The first kappa shape index (κ1) is 37.3. The van der Waals surface area contributed by atoms with Crippen molar-refractivity contribution >= 4 is 23.7 Å². The van der Waals surface area contributed by atoms with Crippen molar-refractivity contribution in [2.24, 2.45) is 17.8 Å². The van der Waals surface area contributed by atoms with Gasteiger partial charge in [0, 0.05) is 26.6 Å². The Kier molecular flexibility index (Phi) is 12.6. The van der Waals surface area contributed by atoms with Crippen LogP contribution in [0.3, 0.4) is 0 Å². The molecule has 3 heterocycles. The van der Waals surface area contributed by atoms with Crippen molar-refractivity contribution in [1.29, 1.82) is 0 Å². The summed E-state index contributed by atoms with van der Waals surface area (Å²) in [7, 11) is 1.70. The third-order valence-corrected chi connectivity index (χ3v) is 10.4. The molecule has 3 fully saturated rings. The minimum absolute atomic E-state index is 0.100. The fourth-order valence-electron chi connectivity index (χ4n) is 7.94. The number of likely N-dealkylation sites (tertiary alicyclic amines) is 1. The fraction of sp³-hybridized carbons (Fsp3) is 0.632. The summed E-state index contributed by atoms with van der Waals surface area (Å²) >= 11 is 0. The highest BCUT2D eigenvalue weighted by Gasteiger charge is 2.75. The van der Waals surface area contributed by atoms with E-state index < -0.39 is 53.7 Å². The second-order valence-electron chi connectivity index (χ2n) is 14.0. The van der Waals surface area contributed by atoms with Gasteiger partial charge in [-0.25, -0.2) is 0 Å². The predicted octanol–water partition coefficient (Wildman–Crippen LogP) is 4.68. The van der Waals surface area contributed by atoms with Gasteiger partial charge < -0.3 is 29.3 Å². The maximum absolute atomic E-state index is 14.6. The number of benzene rings is 1. The molecule has 1 aromatic rings. The molecule has 0 radical (unpaired) electrons. The standard InChI is InChI=1S/C38H55N3O7/c1-8-11-18-30(43)39(7)26(6)33(27-16-14-13-15-17-27)47-37(46)31-29-19-20-38(48-29)32(31)35(44)41(28(24-42)23-25(4)5)34(38)36(45)40(21-10-3)22-12-9-2/h8,10,13-17,25-26,28-29,31-34,42H,1,3,9,11-12,18-24H2,2,4-7H3/t26-,28-,29+,31-,32-,33+,34+,38-/m1/s1. The highest BCUT2D eigenvalue weighted by molar-refractivity contribution is 5.98. The summed E-state index contributed by atoms with van der Waals surface area (Å²) in [6.45, 7) is 16.0. The summed E-state index contributed by atoms with van der Waals surface area (Å²) in [5.74, 6) is -3.01. The number of carbonyl (C=O) groups excluding carboxylic acids is 4. The lowest BCUT2D eigenvalue weighted by molar-refractivity contribution is -0.165. The van der Waals surface area contributed by atoms with Crippen LogP contribution >= 0.6 is 0 Å². The molecule has 264 valence electrons. The fourth-order valence-corrected chi connectivity index (χ4v) is 7.94. The molecule has 8 atom stereocenters. The summed E-state index contributed by atoms with van der Waals surface area (Å²) < 4.78 is 13.0. The quantitative estimate of drug-likeness (QED) is 0.179. The Balaban J connectivity index is 1.72. The first-order valence-electron chi connectivity index (χ1n) is 17.6. The molecule has 0 unspecified atom stereocenters. The van der Waals surface area contributed by atoms with Gasteiger partial charge in [-0.3, -0.25) is 19.2 Å². The molecular weight excluding hydrogens is 610 g/mol. The van der Waals surface area contributed by atoms with Gasteiger partial charge in [0.15, 0.2) is 0 Å². The molecule has 0 aromatic heterocycles. The number of allylic oxidation sites excluding steroid dienone is 1. The van der Waals surface area contributed by atoms with Crippen LogP contribution in [0.4, 0.5) is 0 Å². The molecule has 0 aliphatic carbocycles. The van der Waals surface area contributed by atoms with Crippen molar-refractivity contribution < 1.29 is 33.8 Å². The van der Waals surface area contributed by atoms with Gasteiger partial charge in [0.1, 0.15) is 17.7 Å². The number of unbranched alkanes of at least 4 members (excludes halogenated alkanes) is 1. The zero-order valence-electron chi connectivity index (χ0n) is 29.4. The number of hydrogen-bond donors (Lipinski definition) is 1. The first-order valence-corrected chi connectivity index (χ1v) is 17.6. The number of hydrogen-bond acceptors (Lipinski definition) is 7. The summed E-state index contributed by atoms with van der Waals surface area (Å²) in [6, 6.07) is 7.17. The lowest BCUT2D eigenvalue weighted by Gasteiger charge is -2.39. The lowest BCUT2D eigenvalue weighted by atomic mass is 9.70. The van der Waals surface area contributed by atoms with Gasteiger partial charge in [-0.1, -0.05) is 69.7 Å². The highest BCUT2D eigenvalue weighted by atomic mass is 16.6. The molecule has 1 N–H and O–H groups in total. The molecular formula is C38H55N3O7. The Labute approximate surface area is 286 Å². The van der Waals surface area contributed by atoms with E-state index in [9.17, 15) is 24.3 Å². The third kappa shape index (κ3) is 7.25. The van der Waals surface area contributed by atoms with E-state index in [1.54, 1.807) is 33.9 Å². The molecule has 1 aromatic carbocycles. The van der Waals surface area contributed by atoms with Crippen LogP contribution < -0.4 is 0 Å². The van der Waals surface area contributed by atoms with E-state index in [1.165, 1.54) is 0 Å². The van der Waals surface area contributed by atoms with E-state index in [0.717, 1.165) is 18.4 Å². The first-order chi connectivity index (χ1) is 23.0. The highest BCUT2D eigenvalue weighted by Crippen LogP contribution is 2.59. The Morgan fingerprint density at radius 3 is 2.48 bits per heavy atom. The Bertz CT molecular complexity index is 1320. The maximum Gasteiger partial charge on any atom is 0.313 e. The van der Waals surface area contributed by atoms with Gasteiger partial charge in [-0.05, 0) is 50.5 Å². The molecule has 2 bridgehead atoms. The molecule has 3 aliphatic heterocycles. The zero-order valence-corrected chi connectivity index (χ0v) is 29.4. The third-order valence-electron chi connectivity index (χ3n) is 10.4. The molecule has 10 heteroatoms. The average molecular weight is 666 g/mol. The van der Waals surface area contributed by atoms with Crippen molar-refractivity contribution in [3.8, 4) is 0 Å². The van der Waals surface area contributed by atoms with Crippen molar-refractivity contribution in [3.05, 3.63) is 61.2 Å². The van der Waals surface area contributed by atoms with Crippen molar-refractivity contribution in [2.75, 3.05) is 26.7 Å². The summed E-state index contributed by atoms with van der Waals surface area (Å²) in [4.78, 5) is 61.4. The molecule has 3 amide bonds. The normalized spacial score (nSPS) is 26.1. The van der Waals surface area contributed by atoms with E-state index in [0.29, 0.717) is 38.8 Å². The number of aliphatic hydroxyl groups excluding tert-OH is 1. The number of esters is 1. The van der Waals surface area contributed by atoms with Crippen LogP contribution in [-0.2, 0) is 28.7 Å². The Morgan fingerprint density at radius 1 is 1.17 bits per heavy atom. The summed E-state index contributed by atoms with van der Waals surface area (Å²) in [5, 5.41) is 10.6. The maximum atomic E-state index is 14.6. The van der Waals surface area contributed by atoms with Crippen molar-refractivity contribution in [3.63, 3.8) is 0 Å². The predicted molar refractivity (Wildman–Crippen MR) is 183 cm³/mol. The average Bonchev–Trinajstić information content (AvgIpc) is 3.73. The van der Waals surface area contributed by atoms with Gasteiger partial charge >= 0.3 is 5.97 Å². The van der Waals surface area contributed by atoms with Crippen LogP contribution in [0.25, 0.3) is 0 Å². The van der Waals surface area contributed by atoms with Crippen molar-refractivity contribution in [1.82, 2.24) is 14.7 Å². The number of nitrogens with zero attached hydrogens (tertiary/aromatic N) is 3. The summed E-state index contributed by atoms with van der Waals surface area (Å²) in [5.41, 5.74) is -0.495. The second kappa shape index (κ2) is 16.3. The number of ether oxygens (including phenoxy) is 2. The number of rotatable bonds is 18. The zero-order chi connectivity index (χ0) is 35.2. The van der Waals surface area contributed by atoms with E-state index in [2.05, 4.69) is 20.1 Å². The van der Waals surface area contributed by atoms with E-state index in [-0.39, 0.29) is 36.7 Å². The molecule has 48 heavy (non-hydrogen) atoms. The topological polar surface area (TPSA) is 117 Å². The van der Waals surface area contributed by atoms with Gasteiger partial charge in [0.2, 0.25) is 17.7 Å². The molecule has 1 spiro atoms. The van der Waals surface area contributed by atoms with Crippen LogP contribution in [0.15, 0.2) is 55.6 Å². The molecule has 3 saturated heterocycles. The molecule has 4 rings (SSSR count). The second-order valence-corrected chi connectivity index (χ2v) is 14.0. The molecule has 3 aliphatic rings. The van der Waals surface area contributed by atoms with Crippen LogP contribution in [0.1, 0.15) is 84.3 Å². The number of carbonyl (C=O) groups is 4. The van der Waals surface area contributed by atoms with Gasteiger partial charge in [0.25, 0.3) is 0 Å². The molecule has 10 nitrogen and oxygen atoms in total. The largest absolute Gasteiger partial charge is 0.455 e. The van der Waals surface area contributed by atoms with E-state index in [1.807, 2.05) is 51.1 Å².